The fraction of sp³-hybridized carbons (Fsp3) is 0.524. The largest absolute Gasteiger partial charge is 0.494 e. The number of allylic oxidation sites excluding steroid dienone is 3. The van der Waals surface area contributed by atoms with Crippen molar-refractivity contribution in [2.75, 3.05) is 26.0 Å². The second-order valence-electron chi connectivity index (χ2n) is 7.83. The molecule has 1 aromatic rings. The summed E-state index contributed by atoms with van der Waals surface area (Å²) >= 11 is 0. The fourth-order valence-electron chi connectivity index (χ4n) is 3.73. The van der Waals surface area contributed by atoms with Gasteiger partial charge in [-0.05, 0) is 74.4 Å². The van der Waals surface area contributed by atoms with Gasteiger partial charge < -0.3 is 15.1 Å². The highest BCUT2D eigenvalue weighted by Gasteiger charge is 2.25. The molecule has 154 valence electrons. The molecule has 2 aliphatic rings. The van der Waals surface area contributed by atoms with Crippen molar-refractivity contribution < 1.29 is 13.2 Å². The first-order valence-electron chi connectivity index (χ1n) is 9.91. The van der Waals surface area contributed by atoms with E-state index in [9.17, 15) is 8.42 Å². The van der Waals surface area contributed by atoms with Crippen LogP contribution in [0.3, 0.4) is 0 Å². The van der Waals surface area contributed by atoms with E-state index in [2.05, 4.69) is 34.8 Å². The number of hydrazine groups is 1. The summed E-state index contributed by atoms with van der Waals surface area (Å²) in [5.41, 5.74) is 7.55. The average Bonchev–Trinajstić information content (AvgIpc) is 2.68. The second kappa shape index (κ2) is 8.90. The number of sulfone groups is 1. The van der Waals surface area contributed by atoms with Gasteiger partial charge in [-0.1, -0.05) is 6.92 Å². The van der Waals surface area contributed by atoms with Crippen molar-refractivity contribution in [3.8, 4) is 5.75 Å². The lowest BCUT2D eigenvalue weighted by atomic mass is 9.84. The minimum Gasteiger partial charge on any atom is -0.494 e. The molecule has 7 heteroatoms. The molecule has 2 aliphatic heterocycles. The third-order valence-electron chi connectivity index (χ3n) is 5.66. The Morgan fingerprint density at radius 1 is 1.14 bits per heavy atom. The summed E-state index contributed by atoms with van der Waals surface area (Å²) in [5, 5.41) is 0. The molecule has 0 spiro atoms. The third-order valence-corrected chi connectivity index (χ3v) is 6.79. The molecule has 6 nitrogen and oxygen atoms in total. The zero-order chi connectivity index (χ0) is 20.1. The molecule has 2 N–H and O–H groups in total. The second-order valence-corrected chi connectivity index (χ2v) is 9.85. The molecule has 0 unspecified atom stereocenters. The van der Waals surface area contributed by atoms with Crippen LogP contribution in [0.25, 0.3) is 0 Å². The van der Waals surface area contributed by atoms with E-state index < -0.39 is 9.84 Å². The SMILES string of the molecule is CC1=CC=C(N2CCC([C@H](C)CCOc3ccc(S(C)(=O)=O)cc3)CC2)NN1. The Labute approximate surface area is 168 Å². The van der Waals surface area contributed by atoms with Crippen LogP contribution in [0.1, 0.15) is 33.1 Å². The predicted octanol–water partition coefficient (Wildman–Crippen LogP) is 3.06. The van der Waals surface area contributed by atoms with Crippen LogP contribution >= 0.6 is 0 Å². The minimum absolute atomic E-state index is 0.323. The number of hydrogen-bond donors (Lipinski definition) is 2. The summed E-state index contributed by atoms with van der Waals surface area (Å²) in [7, 11) is -3.16. The molecule has 2 heterocycles. The van der Waals surface area contributed by atoms with Crippen LogP contribution in [-0.4, -0.2) is 39.3 Å². The quantitative estimate of drug-likeness (QED) is 0.727. The number of hydrogen-bond acceptors (Lipinski definition) is 6. The van der Waals surface area contributed by atoms with Gasteiger partial charge in [-0.15, -0.1) is 0 Å². The van der Waals surface area contributed by atoms with Gasteiger partial charge in [0.1, 0.15) is 11.6 Å². The molecule has 0 saturated carbocycles. The van der Waals surface area contributed by atoms with Gasteiger partial charge in [-0.2, -0.15) is 0 Å². The molecular weight excluding hydrogens is 374 g/mol. The Morgan fingerprint density at radius 3 is 2.39 bits per heavy atom. The number of likely N-dealkylation sites (tertiary alicyclic amines) is 1. The first-order valence-corrected chi connectivity index (χ1v) is 11.8. The van der Waals surface area contributed by atoms with Crippen molar-refractivity contribution in [1.29, 1.82) is 0 Å². The van der Waals surface area contributed by atoms with Crippen LogP contribution in [0.4, 0.5) is 0 Å². The van der Waals surface area contributed by atoms with Crippen molar-refractivity contribution in [3.05, 3.63) is 47.9 Å². The van der Waals surface area contributed by atoms with E-state index in [1.165, 1.54) is 19.1 Å². The van der Waals surface area contributed by atoms with E-state index in [1.54, 1.807) is 24.3 Å². The van der Waals surface area contributed by atoms with E-state index in [1.807, 2.05) is 6.92 Å². The summed E-state index contributed by atoms with van der Waals surface area (Å²) < 4.78 is 28.8. The summed E-state index contributed by atoms with van der Waals surface area (Å²) in [4.78, 5) is 2.72. The van der Waals surface area contributed by atoms with E-state index in [4.69, 9.17) is 4.74 Å². The maximum atomic E-state index is 11.5. The highest BCUT2D eigenvalue weighted by atomic mass is 32.2. The van der Waals surface area contributed by atoms with Gasteiger partial charge >= 0.3 is 0 Å². The number of rotatable bonds is 7. The number of nitrogens with one attached hydrogen (secondary N) is 2. The van der Waals surface area contributed by atoms with Crippen LogP contribution in [0.2, 0.25) is 0 Å². The maximum Gasteiger partial charge on any atom is 0.175 e. The van der Waals surface area contributed by atoms with Crippen LogP contribution in [0, 0.1) is 11.8 Å². The van der Waals surface area contributed by atoms with E-state index in [0.717, 1.165) is 36.8 Å². The Morgan fingerprint density at radius 2 is 1.82 bits per heavy atom. The molecule has 3 rings (SSSR count). The average molecular weight is 406 g/mol. The molecule has 28 heavy (non-hydrogen) atoms. The molecule has 0 bridgehead atoms. The van der Waals surface area contributed by atoms with Crippen molar-refractivity contribution in [2.45, 2.75) is 38.0 Å². The van der Waals surface area contributed by atoms with Gasteiger partial charge in [0.2, 0.25) is 0 Å². The lowest BCUT2D eigenvalue weighted by Crippen LogP contribution is -2.44. The Hall–Kier alpha value is -2.15. The van der Waals surface area contributed by atoms with Gasteiger partial charge in [0.05, 0.1) is 11.5 Å². The van der Waals surface area contributed by atoms with Crippen molar-refractivity contribution >= 4 is 9.84 Å². The Bertz CT molecular complexity index is 823. The van der Waals surface area contributed by atoms with Gasteiger partial charge in [0, 0.05) is 25.0 Å². The predicted molar refractivity (Wildman–Crippen MR) is 111 cm³/mol. The van der Waals surface area contributed by atoms with Crippen LogP contribution in [-0.2, 0) is 9.84 Å². The number of ether oxygens (including phenoxy) is 1. The van der Waals surface area contributed by atoms with E-state index in [-0.39, 0.29) is 0 Å². The summed E-state index contributed by atoms with van der Waals surface area (Å²) in [5.74, 6) is 3.19. The maximum absolute atomic E-state index is 11.5. The van der Waals surface area contributed by atoms with Gasteiger partial charge in [-0.25, -0.2) is 8.42 Å². The highest BCUT2D eigenvalue weighted by molar-refractivity contribution is 7.90. The van der Waals surface area contributed by atoms with Crippen LogP contribution in [0.5, 0.6) is 5.75 Å². The fourth-order valence-corrected chi connectivity index (χ4v) is 4.36. The van der Waals surface area contributed by atoms with Gasteiger partial charge in [0.25, 0.3) is 0 Å². The lowest BCUT2D eigenvalue weighted by molar-refractivity contribution is 0.155. The summed E-state index contributed by atoms with van der Waals surface area (Å²) in [6.45, 7) is 7.13. The first kappa shape index (κ1) is 20.6. The van der Waals surface area contributed by atoms with Gasteiger partial charge in [0.15, 0.2) is 9.84 Å². The molecular formula is C21H31N3O3S. The number of benzene rings is 1. The Balaban J connectivity index is 1.41. The summed E-state index contributed by atoms with van der Waals surface area (Å²) in [6, 6.07) is 6.66. The zero-order valence-electron chi connectivity index (χ0n) is 16.9. The molecule has 1 aromatic carbocycles. The molecule has 0 amide bonds. The molecule has 1 atom stereocenters. The molecule has 0 radical (unpaired) electrons. The van der Waals surface area contributed by atoms with E-state index in [0.29, 0.717) is 23.3 Å². The standard InChI is InChI=1S/C21H31N3O3S/c1-16(12-15-27-19-5-7-20(8-6-19)28(3,25)26)18-10-13-24(14-11-18)21-9-4-17(2)22-23-21/h4-9,16,18,22-23H,10-15H2,1-3H3/t16-/m1/s1. The van der Waals surface area contributed by atoms with Crippen molar-refractivity contribution in [1.82, 2.24) is 15.8 Å². The number of piperidine rings is 1. The van der Waals surface area contributed by atoms with Gasteiger partial charge in [-0.3, -0.25) is 5.43 Å². The molecule has 1 fully saturated rings. The molecule has 1 saturated heterocycles. The Kier molecular flexibility index (Phi) is 6.54. The lowest BCUT2D eigenvalue weighted by Gasteiger charge is -2.38. The highest BCUT2D eigenvalue weighted by Crippen LogP contribution is 2.28. The summed E-state index contributed by atoms with van der Waals surface area (Å²) in [6.07, 6.45) is 8.82. The third kappa shape index (κ3) is 5.44. The monoisotopic (exact) mass is 405 g/mol. The normalized spacial score (nSPS) is 19.2. The smallest absolute Gasteiger partial charge is 0.175 e. The number of nitrogens with zero attached hydrogens (tertiary/aromatic N) is 1. The van der Waals surface area contributed by atoms with Crippen molar-refractivity contribution in [3.63, 3.8) is 0 Å². The first-order chi connectivity index (χ1) is 13.3. The van der Waals surface area contributed by atoms with Crippen LogP contribution < -0.4 is 15.6 Å². The minimum atomic E-state index is -3.16. The van der Waals surface area contributed by atoms with E-state index >= 15 is 0 Å². The van der Waals surface area contributed by atoms with Crippen LogP contribution in [0.15, 0.2) is 52.8 Å². The topological polar surface area (TPSA) is 70.7 Å². The van der Waals surface area contributed by atoms with Crippen molar-refractivity contribution in [2.24, 2.45) is 11.8 Å². The zero-order valence-corrected chi connectivity index (χ0v) is 17.8. The molecule has 0 aliphatic carbocycles. The molecule has 0 aromatic heterocycles.